The van der Waals surface area contributed by atoms with Crippen molar-refractivity contribution in [3.63, 3.8) is 0 Å². The number of amides is 1. The van der Waals surface area contributed by atoms with Gasteiger partial charge in [0.05, 0.1) is 24.1 Å². The van der Waals surface area contributed by atoms with Gasteiger partial charge >= 0.3 is 12.5 Å². The second-order valence-corrected chi connectivity index (χ2v) is 5.61. The third-order valence-electron chi connectivity index (χ3n) is 3.60. The van der Waals surface area contributed by atoms with Gasteiger partial charge in [-0.3, -0.25) is 4.79 Å². The van der Waals surface area contributed by atoms with Crippen molar-refractivity contribution in [3.8, 4) is 17.0 Å². The average molecular weight is 419 g/mol. The minimum atomic E-state index is -4.90. The molecular formula is C16H11F6N5O2. The number of benzene rings is 1. The van der Waals surface area contributed by atoms with Crippen LogP contribution in [-0.2, 0) is 4.79 Å². The number of amidine groups is 1. The highest BCUT2D eigenvalue weighted by molar-refractivity contribution is 5.90. The van der Waals surface area contributed by atoms with Crippen molar-refractivity contribution in [2.75, 3.05) is 11.9 Å². The zero-order chi connectivity index (χ0) is 21.2. The van der Waals surface area contributed by atoms with E-state index in [9.17, 15) is 31.1 Å². The highest BCUT2D eigenvalue weighted by Gasteiger charge is 2.37. The first-order valence-corrected chi connectivity index (χ1v) is 7.81. The van der Waals surface area contributed by atoms with Crippen molar-refractivity contribution >= 4 is 23.8 Å². The number of hydrogen-bond acceptors (Lipinski definition) is 5. The predicted molar refractivity (Wildman–Crippen MR) is 89.8 cm³/mol. The summed E-state index contributed by atoms with van der Waals surface area (Å²) in [7, 11) is 0. The summed E-state index contributed by atoms with van der Waals surface area (Å²) in [5.41, 5.74) is 0.569. The lowest BCUT2D eigenvalue weighted by Gasteiger charge is -2.19. The summed E-state index contributed by atoms with van der Waals surface area (Å²) in [4.78, 5) is 14.0. The fraction of sp³-hybridized carbons (Fsp3) is 0.188. The first-order valence-electron chi connectivity index (χ1n) is 7.81. The quantitative estimate of drug-likeness (QED) is 0.575. The Kier molecular flexibility index (Phi) is 5.22. The minimum absolute atomic E-state index is 0.0311. The lowest BCUT2D eigenvalue weighted by molar-refractivity contribution is -0.274. The topological polar surface area (TPSA) is 80.5 Å². The number of nitrogens with one attached hydrogen (secondary N) is 2. The van der Waals surface area contributed by atoms with E-state index in [2.05, 4.69) is 25.5 Å². The van der Waals surface area contributed by atoms with Gasteiger partial charge in [0, 0.05) is 11.6 Å². The number of halogens is 6. The van der Waals surface area contributed by atoms with Crippen molar-refractivity contribution in [1.82, 2.24) is 15.1 Å². The number of aliphatic imine (C=N–C) groups is 1. The van der Waals surface area contributed by atoms with Crippen LogP contribution in [0.1, 0.15) is 0 Å². The number of hydrogen-bond donors (Lipinski definition) is 2. The average Bonchev–Trinajstić information content (AvgIpc) is 3.04. The molecule has 0 aliphatic carbocycles. The zero-order valence-electron chi connectivity index (χ0n) is 14.2. The lowest BCUT2D eigenvalue weighted by atomic mass is 10.1. The Morgan fingerprint density at radius 3 is 2.52 bits per heavy atom. The molecule has 2 N–H and O–H groups in total. The molecule has 2 heterocycles. The van der Waals surface area contributed by atoms with Gasteiger partial charge < -0.3 is 15.4 Å². The number of rotatable bonds is 5. The van der Waals surface area contributed by atoms with Crippen molar-refractivity contribution in [3.05, 3.63) is 36.5 Å². The highest BCUT2D eigenvalue weighted by Crippen LogP contribution is 2.31. The summed E-state index contributed by atoms with van der Waals surface area (Å²) < 4.78 is 80.5. The smallest absolute Gasteiger partial charge is 0.406 e. The van der Waals surface area contributed by atoms with E-state index in [0.29, 0.717) is 6.41 Å². The molecule has 1 amide bonds. The van der Waals surface area contributed by atoms with E-state index in [1.807, 2.05) is 0 Å². The van der Waals surface area contributed by atoms with Crippen LogP contribution in [-0.4, -0.2) is 41.1 Å². The summed E-state index contributed by atoms with van der Waals surface area (Å²) in [5, 5.41) is 8.42. The van der Waals surface area contributed by atoms with E-state index in [1.54, 1.807) is 0 Å². The molecule has 7 nitrogen and oxygen atoms in total. The number of anilines is 1. The second-order valence-electron chi connectivity index (χ2n) is 5.61. The van der Waals surface area contributed by atoms with Crippen LogP contribution in [0.15, 0.2) is 41.5 Å². The van der Waals surface area contributed by atoms with E-state index >= 15 is 0 Å². The first-order chi connectivity index (χ1) is 13.6. The highest BCUT2D eigenvalue weighted by atomic mass is 19.4. The summed E-state index contributed by atoms with van der Waals surface area (Å²) in [5.74, 6) is -1.66. The van der Waals surface area contributed by atoms with E-state index in [-0.39, 0.29) is 29.3 Å². The van der Waals surface area contributed by atoms with Crippen molar-refractivity contribution in [1.29, 1.82) is 0 Å². The van der Waals surface area contributed by atoms with E-state index in [0.717, 1.165) is 23.0 Å². The van der Waals surface area contributed by atoms with Gasteiger partial charge in [0.15, 0.2) is 5.82 Å². The molecule has 1 aliphatic heterocycles. The molecular weight excluding hydrogens is 408 g/mol. The van der Waals surface area contributed by atoms with Crippen LogP contribution >= 0.6 is 0 Å². The maximum absolute atomic E-state index is 12.7. The molecule has 0 fully saturated rings. The molecule has 1 aliphatic rings. The molecule has 154 valence electrons. The number of alkyl halides is 6. The van der Waals surface area contributed by atoms with E-state index in [4.69, 9.17) is 0 Å². The van der Waals surface area contributed by atoms with Crippen molar-refractivity contribution < 1.29 is 35.9 Å². The van der Waals surface area contributed by atoms with Crippen molar-refractivity contribution in [2.24, 2.45) is 4.99 Å². The van der Waals surface area contributed by atoms with Crippen LogP contribution in [0.5, 0.6) is 5.75 Å². The van der Waals surface area contributed by atoms with Crippen LogP contribution in [0, 0.1) is 0 Å². The molecule has 2 aromatic rings. The van der Waals surface area contributed by atoms with Crippen LogP contribution in [0.25, 0.3) is 17.0 Å². The maximum atomic E-state index is 12.7. The first kappa shape index (κ1) is 20.2. The SMILES string of the molecule is O=CNc1cc(-c2cccc(OC(F)(F)F)c2)n(C2=CN=C(C(F)(F)F)NC2)n1. The third kappa shape index (κ3) is 4.86. The molecule has 0 bridgehead atoms. The Balaban J connectivity index is 2.03. The molecule has 1 aromatic heterocycles. The van der Waals surface area contributed by atoms with Crippen LogP contribution in [0.4, 0.5) is 32.2 Å². The van der Waals surface area contributed by atoms with Crippen LogP contribution in [0.3, 0.4) is 0 Å². The molecule has 1 aromatic carbocycles. The molecule has 0 unspecified atom stereocenters. The molecule has 0 atom stereocenters. The van der Waals surface area contributed by atoms with E-state index < -0.39 is 24.1 Å². The Labute approximate surface area is 158 Å². The van der Waals surface area contributed by atoms with Gasteiger partial charge in [-0.2, -0.15) is 13.2 Å². The fourth-order valence-electron chi connectivity index (χ4n) is 2.50. The van der Waals surface area contributed by atoms with Gasteiger partial charge in [-0.25, -0.2) is 9.67 Å². The Bertz CT molecular complexity index is 977. The molecule has 3 rings (SSSR count). The van der Waals surface area contributed by atoms with Gasteiger partial charge in [0.25, 0.3) is 0 Å². The lowest BCUT2D eigenvalue weighted by Crippen LogP contribution is -2.40. The van der Waals surface area contributed by atoms with Crippen LogP contribution in [0.2, 0.25) is 0 Å². The molecule has 0 radical (unpaired) electrons. The molecule has 13 heteroatoms. The zero-order valence-corrected chi connectivity index (χ0v) is 14.2. The maximum Gasteiger partial charge on any atom is 0.573 e. The summed E-state index contributed by atoms with van der Waals surface area (Å²) >= 11 is 0. The van der Waals surface area contributed by atoms with Crippen molar-refractivity contribution in [2.45, 2.75) is 12.5 Å². The predicted octanol–water partition coefficient (Wildman–Crippen LogP) is 3.38. The molecule has 29 heavy (non-hydrogen) atoms. The Hall–Kier alpha value is -3.51. The molecule has 0 spiro atoms. The summed E-state index contributed by atoms with van der Waals surface area (Å²) in [6.07, 6.45) is -8.31. The normalized spacial score (nSPS) is 14.6. The van der Waals surface area contributed by atoms with Gasteiger partial charge in [0.2, 0.25) is 12.2 Å². The minimum Gasteiger partial charge on any atom is -0.406 e. The van der Waals surface area contributed by atoms with Gasteiger partial charge in [-0.15, -0.1) is 18.3 Å². The van der Waals surface area contributed by atoms with Crippen LogP contribution < -0.4 is 15.4 Å². The number of carbonyl (C=O) groups excluding carboxylic acids is 1. The largest absolute Gasteiger partial charge is 0.573 e. The number of carbonyl (C=O) groups is 1. The van der Waals surface area contributed by atoms with Gasteiger partial charge in [-0.1, -0.05) is 12.1 Å². The number of nitrogens with zero attached hydrogens (tertiary/aromatic N) is 3. The van der Waals surface area contributed by atoms with Gasteiger partial charge in [0.1, 0.15) is 5.75 Å². The number of ether oxygens (including phenoxy) is 1. The van der Waals surface area contributed by atoms with Gasteiger partial charge in [-0.05, 0) is 12.1 Å². The van der Waals surface area contributed by atoms with E-state index in [1.165, 1.54) is 18.2 Å². The monoisotopic (exact) mass is 419 g/mol. The Morgan fingerprint density at radius 1 is 1.17 bits per heavy atom. The standard InChI is InChI=1S/C16H11F6N5O2/c17-15(18,19)14-23-6-10(7-24-14)27-12(5-13(26-27)25-8-28)9-2-1-3-11(4-9)29-16(20,21)22/h1-6,8H,7H2,(H,23,24)(H,25,26,28). The summed E-state index contributed by atoms with van der Waals surface area (Å²) in [6, 6.07) is 6.25. The second kappa shape index (κ2) is 7.48. The fourth-order valence-corrected chi connectivity index (χ4v) is 2.50. The Morgan fingerprint density at radius 2 is 1.93 bits per heavy atom. The molecule has 0 saturated carbocycles. The summed E-state index contributed by atoms with van der Waals surface area (Å²) in [6.45, 7) is -0.313. The third-order valence-corrected chi connectivity index (χ3v) is 3.60. The molecule has 0 saturated heterocycles. The number of aromatic nitrogens is 2.